The van der Waals surface area contributed by atoms with Crippen LogP contribution in [0.15, 0.2) is 39.4 Å². The molecule has 0 atom stereocenters. The molecule has 0 saturated heterocycles. The van der Waals surface area contributed by atoms with E-state index in [-0.39, 0.29) is 11.3 Å². The first kappa shape index (κ1) is 17.8. The van der Waals surface area contributed by atoms with Gasteiger partial charge in [0.1, 0.15) is 0 Å². The van der Waals surface area contributed by atoms with E-state index >= 15 is 0 Å². The molecule has 0 unspecified atom stereocenters. The fourth-order valence-electron chi connectivity index (χ4n) is 1.48. The first-order valence-electron chi connectivity index (χ1n) is 5.70. The highest BCUT2D eigenvalue weighted by Crippen LogP contribution is 2.38. The fraction of sp³-hybridized carbons (Fsp3) is 0.0769. The minimum absolute atomic E-state index is 0.151. The van der Waals surface area contributed by atoms with Gasteiger partial charge in [-0.05, 0) is 23.6 Å². The number of benzene rings is 1. The van der Waals surface area contributed by atoms with Gasteiger partial charge < -0.3 is 10.2 Å². The Bertz CT molecular complexity index is 698. The molecule has 116 valence electrons. The Morgan fingerprint density at radius 2 is 2.00 bits per heavy atom. The summed E-state index contributed by atoms with van der Waals surface area (Å²) in [5, 5.41) is 28.6. The number of carbonyl (C=O) groups is 2. The molecule has 0 amide bonds. The van der Waals surface area contributed by atoms with Gasteiger partial charge >= 0.3 is 5.97 Å². The highest BCUT2D eigenvalue weighted by atomic mass is 32.2. The minimum atomic E-state index is -1.23. The summed E-state index contributed by atoms with van der Waals surface area (Å²) in [4.78, 5) is 33.4. The number of carboxylic acids is 1. The Hall–Kier alpha value is -2.23. The number of carbonyl (C=O) groups excluding carboxylic acids is 1. The number of aromatic carboxylic acids is 1. The Morgan fingerprint density at radius 3 is 2.55 bits per heavy atom. The van der Waals surface area contributed by atoms with Crippen molar-refractivity contribution in [3.05, 3.63) is 50.2 Å². The maximum absolute atomic E-state index is 11.0. The monoisotopic (exact) mass is 341 g/mol. The lowest BCUT2D eigenvalue weighted by molar-refractivity contribution is -0.387. The summed E-state index contributed by atoms with van der Waals surface area (Å²) in [6.07, 6.45) is 0.685. The highest BCUT2D eigenvalue weighted by Gasteiger charge is 2.19. The van der Waals surface area contributed by atoms with Crippen LogP contribution in [0.2, 0.25) is 0 Å². The van der Waals surface area contributed by atoms with Crippen LogP contribution < -0.4 is 0 Å². The van der Waals surface area contributed by atoms with Crippen LogP contribution >= 0.6 is 23.1 Å². The van der Waals surface area contributed by atoms with Crippen molar-refractivity contribution in [2.45, 2.75) is 9.79 Å². The minimum Gasteiger partial charge on any atom is -0.478 e. The van der Waals surface area contributed by atoms with Crippen LogP contribution in [0.1, 0.15) is 20.0 Å². The van der Waals surface area contributed by atoms with Crippen LogP contribution in [0.25, 0.3) is 0 Å². The van der Waals surface area contributed by atoms with E-state index in [4.69, 9.17) is 10.2 Å². The molecule has 0 aliphatic carbocycles. The summed E-state index contributed by atoms with van der Waals surface area (Å²) >= 11 is 2.30. The maximum Gasteiger partial charge on any atom is 0.335 e. The third-order valence-corrected chi connectivity index (χ3v) is 4.50. The van der Waals surface area contributed by atoms with Crippen LogP contribution in [0, 0.1) is 10.1 Å². The van der Waals surface area contributed by atoms with E-state index in [9.17, 15) is 19.7 Å². The van der Waals surface area contributed by atoms with Crippen molar-refractivity contribution in [3.8, 4) is 0 Å². The van der Waals surface area contributed by atoms with Crippen molar-refractivity contribution in [2.75, 3.05) is 7.11 Å². The zero-order valence-electron chi connectivity index (χ0n) is 11.3. The molecule has 2 N–H and O–H groups in total. The van der Waals surface area contributed by atoms with Crippen molar-refractivity contribution in [3.63, 3.8) is 0 Å². The number of aliphatic hydroxyl groups is 1. The number of hydrogen-bond acceptors (Lipinski definition) is 7. The van der Waals surface area contributed by atoms with Crippen LogP contribution in [-0.2, 0) is 0 Å². The number of aliphatic hydroxyl groups excluding tert-OH is 1. The summed E-state index contributed by atoms with van der Waals surface area (Å²) < 4.78 is 0. The zero-order valence-corrected chi connectivity index (χ0v) is 12.9. The van der Waals surface area contributed by atoms with Crippen molar-refractivity contribution in [1.82, 2.24) is 0 Å². The lowest BCUT2D eigenvalue weighted by Gasteiger charge is -2.03. The van der Waals surface area contributed by atoms with Crippen LogP contribution in [0.4, 0.5) is 5.69 Å². The standard InChI is InChI=1S/C12H7NO5S2.CH4O/c14-6-11-10(3-4-19-11)20-9-2-1-7(12(15)16)5-8(9)13(17)18;1-2/h1-6H,(H,15,16);2H,1H3. The first-order valence-corrected chi connectivity index (χ1v) is 7.39. The predicted molar refractivity (Wildman–Crippen MR) is 82.0 cm³/mol. The van der Waals surface area contributed by atoms with Gasteiger partial charge in [-0.15, -0.1) is 11.3 Å². The topological polar surface area (TPSA) is 118 Å². The molecule has 0 radical (unpaired) electrons. The number of aldehydes is 1. The summed E-state index contributed by atoms with van der Waals surface area (Å²) in [7, 11) is 1.00. The van der Waals surface area contributed by atoms with Crippen LogP contribution in [0.3, 0.4) is 0 Å². The molecule has 2 rings (SSSR count). The molecule has 0 fully saturated rings. The maximum atomic E-state index is 11.0. The van der Waals surface area contributed by atoms with Crippen molar-refractivity contribution < 1.29 is 24.7 Å². The van der Waals surface area contributed by atoms with E-state index in [2.05, 4.69) is 0 Å². The molecule has 22 heavy (non-hydrogen) atoms. The van der Waals surface area contributed by atoms with Gasteiger partial charge in [0.05, 0.1) is 20.3 Å². The highest BCUT2D eigenvalue weighted by molar-refractivity contribution is 7.99. The van der Waals surface area contributed by atoms with Gasteiger partial charge in [0.2, 0.25) is 0 Å². The number of thiophene rings is 1. The molecule has 0 aliphatic rings. The second-order valence-electron chi connectivity index (χ2n) is 3.61. The van der Waals surface area contributed by atoms with Gasteiger partial charge in [-0.1, -0.05) is 11.8 Å². The molecule has 1 aromatic carbocycles. The first-order chi connectivity index (χ1) is 10.5. The number of carboxylic acid groups (broad SMARTS) is 1. The zero-order chi connectivity index (χ0) is 16.7. The Morgan fingerprint density at radius 1 is 1.32 bits per heavy atom. The van der Waals surface area contributed by atoms with E-state index in [1.807, 2.05) is 0 Å². The molecule has 1 heterocycles. The summed E-state index contributed by atoms with van der Waals surface area (Å²) in [6.45, 7) is 0. The summed E-state index contributed by atoms with van der Waals surface area (Å²) in [6, 6.07) is 5.37. The van der Waals surface area contributed by atoms with E-state index in [1.54, 1.807) is 11.4 Å². The van der Waals surface area contributed by atoms with Gasteiger partial charge in [-0.2, -0.15) is 0 Å². The van der Waals surface area contributed by atoms with Gasteiger partial charge in [0.15, 0.2) is 6.29 Å². The van der Waals surface area contributed by atoms with Crippen molar-refractivity contribution in [1.29, 1.82) is 0 Å². The fourth-order valence-corrected chi connectivity index (χ4v) is 3.32. The van der Waals surface area contributed by atoms with E-state index in [0.29, 0.717) is 21.0 Å². The SMILES string of the molecule is CO.O=Cc1sccc1Sc1ccc(C(=O)O)cc1[N+](=O)[O-]. The third-order valence-electron chi connectivity index (χ3n) is 2.39. The molecule has 2 aromatic rings. The molecule has 7 nitrogen and oxygen atoms in total. The second kappa shape index (κ2) is 8.27. The molecule has 0 saturated carbocycles. The van der Waals surface area contributed by atoms with E-state index < -0.39 is 10.9 Å². The summed E-state index contributed by atoms with van der Waals surface area (Å²) in [5.74, 6) is -1.23. The summed E-state index contributed by atoms with van der Waals surface area (Å²) in [5.41, 5.74) is -0.445. The number of rotatable bonds is 5. The lowest BCUT2D eigenvalue weighted by atomic mass is 10.2. The van der Waals surface area contributed by atoms with Crippen LogP contribution in [0.5, 0.6) is 0 Å². The normalized spacial score (nSPS) is 9.55. The predicted octanol–water partition coefficient (Wildman–Crippen LogP) is 2.93. The average Bonchev–Trinajstić information content (AvgIpc) is 2.96. The third kappa shape index (κ3) is 4.13. The molecular weight excluding hydrogens is 330 g/mol. The Balaban J connectivity index is 0.00000116. The quantitative estimate of drug-likeness (QED) is 0.487. The molecule has 9 heteroatoms. The van der Waals surface area contributed by atoms with Crippen molar-refractivity contribution >= 4 is 41.0 Å². The van der Waals surface area contributed by atoms with Gasteiger partial charge in [0, 0.05) is 18.1 Å². The number of nitro benzene ring substituents is 1. The van der Waals surface area contributed by atoms with E-state index in [0.717, 1.165) is 24.9 Å². The molecular formula is C13H11NO6S2. The Labute approximate surface area is 133 Å². The Kier molecular flexibility index (Phi) is 6.70. The number of hydrogen-bond donors (Lipinski definition) is 2. The van der Waals surface area contributed by atoms with Gasteiger partial charge in [-0.25, -0.2) is 4.79 Å². The second-order valence-corrected chi connectivity index (χ2v) is 5.65. The van der Waals surface area contributed by atoms with Gasteiger partial charge in [-0.3, -0.25) is 14.9 Å². The number of nitrogens with zero attached hydrogens (tertiary/aromatic N) is 1. The largest absolute Gasteiger partial charge is 0.478 e. The molecule has 0 spiro atoms. The number of nitro groups is 1. The van der Waals surface area contributed by atoms with Crippen LogP contribution in [-0.4, -0.2) is 34.5 Å². The van der Waals surface area contributed by atoms with E-state index in [1.165, 1.54) is 23.5 Å². The average molecular weight is 341 g/mol. The smallest absolute Gasteiger partial charge is 0.335 e. The van der Waals surface area contributed by atoms with Gasteiger partial charge in [0.25, 0.3) is 5.69 Å². The van der Waals surface area contributed by atoms with Crippen molar-refractivity contribution in [2.24, 2.45) is 0 Å². The molecule has 0 aliphatic heterocycles. The molecule has 1 aromatic heterocycles. The molecule has 0 bridgehead atoms. The lowest BCUT2D eigenvalue weighted by Crippen LogP contribution is -1.99.